The number of rotatable bonds is 4. The summed E-state index contributed by atoms with van der Waals surface area (Å²) in [7, 11) is 0. The molecule has 0 bridgehead atoms. The summed E-state index contributed by atoms with van der Waals surface area (Å²) in [6, 6.07) is 7.61. The lowest BCUT2D eigenvalue weighted by Crippen LogP contribution is -2.46. The number of carbonyl (C=O) groups is 2. The van der Waals surface area contributed by atoms with Crippen molar-refractivity contribution in [1.82, 2.24) is 10.6 Å². The zero-order chi connectivity index (χ0) is 14.4. The molecule has 0 aromatic heterocycles. The maximum atomic E-state index is 11.9. The molecule has 0 spiro atoms. The van der Waals surface area contributed by atoms with Gasteiger partial charge in [0.25, 0.3) is 0 Å². The molecule has 0 radical (unpaired) electrons. The number of nitrogens with one attached hydrogen (secondary N) is 2. The van der Waals surface area contributed by atoms with Crippen molar-refractivity contribution in [3.05, 3.63) is 29.8 Å². The van der Waals surface area contributed by atoms with Gasteiger partial charge in [0.15, 0.2) is 0 Å². The highest BCUT2D eigenvalue weighted by Gasteiger charge is 2.22. The Kier molecular flexibility index (Phi) is 5.47. The molecule has 4 nitrogen and oxygen atoms in total. The highest BCUT2D eigenvalue weighted by Crippen LogP contribution is 2.21. The SMILES string of the molecule is Cc1ccccc1SCC(=O)N[C@@H]1CCCCNC1=O. The molecule has 0 unspecified atom stereocenters. The van der Waals surface area contributed by atoms with Crippen molar-refractivity contribution >= 4 is 23.6 Å². The fourth-order valence-electron chi connectivity index (χ4n) is 2.17. The Hall–Kier alpha value is -1.49. The second kappa shape index (κ2) is 7.33. The topological polar surface area (TPSA) is 58.2 Å². The van der Waals surface area contributed by atoms with Gasteiger partial charge in [0.2, 0.25) is 11.8 Å². The lowest BCUT2D eigenvalue weighted by atomic mass is 10.1. The van der Waals surface area contributed by atoms with Crippen molar-refractivity contribution in [2.24, 2.45) is 0 Å². The molecule has 1 aromatic carbocycles. The number of hydrogen-bond donors (Lipinski definition) is 2. The molecule has 2 rings (SSSR count). The van der Waals surface area contributed by atoms with Crippen molar-refractivity contribution in [2.75, 3.05) is 12.3 Å². The van der Waals surface area contributed by atoms with Crippen LogP contribution in [0.1, 0.15) is 24.8 Å². The molecule has 1 heterocycles. The number of amides is 2. The van der Waals surface area contributed by atoms with Gasteiger partial charge in [-0.2, -0.15) is 0 Å². The van der Waals surface area contributed by atoms with E-state index in [-0.39, 0.29) is 17.9 Å². The largest absolute Gasteiger partial charge is 0.354 e. The Labute approximate surface area is 123 Å². The van der Waals surface area contributed by atoms with E-state index in [1.54, 1.807) is 0 Å². The van der Waals surface area contributed by atoms with Crippen LogP contribution in [0.3, 0.4) is 0 Å². The van der Waals surface area contributed by atoms with Crippen LogP contribution < -0.4 is 10.6 Å². The van der Waals surface area contributed by atoms with E-state index in [9.17, 15) is 9.59 Å². The van der Waals surface area contributed by atoms with E-state index in [2.05, 4.69) is 10.6 Å². The smallest absolute Gasteiger partial charge is 0.242 e. The standard InChI is InChI=1S/C15H20N2O2S/c1-11-6-2-3-8-13(11)20-10-14(18)17-12-7-4-5-9-16-15(12)19/h2-3,6,8,12H,4-5,7,9-10H2,1H3,(H,16,19)(H,17,18)/t12-/m1/s1. The summed E-state index contributed by atoms with van der Waals surface area (Å²) in [5, 5.41) is 5.65. The first-order valence-corrected chi connectivity index (χ1v) is 7.91. The molecule has 1 fully saturated rings. The normalized spacial score (nSPS) is 19.1. The molecule has 2 amide bonds. The van der Waals surface area contributed by atoms with Crippen LogP contribution in [-0.4, -0.2) is 30.2 Å². The molecule has 1 aliphatic heterocycles. The van der Waals surface area contributed by atoms with Gasteiger partial charge in [-0.3, -0.25) is 9.59 Å². The van der Waals surface area contributed by atoms with Gasteiger partial charge in [-0.25, -0.2) is 0 Å². The van der Waals surface area contributed by atoms with Crippen molar-refractivity contribution in [3.63, 3.8) is 0 Å². The Bertz CT molecular complexity index is 491. The molecule has 2 N–H and O–H groups in total. The monoisotopic (exact) mass is 292 g/mol. The first-order chi connectivity index (χ1) is 9.66. The van der Waals surface area contributed by atoms with E-state index >= 15 is 0 Å². The third kappa shape index (κ3) is 4.27. The van der Waals surface area contributed by atoms with Crippen LogP contribution in [-0.2, 0) is 9.59 Å². The molecule has 1 aromatic rings. The molecule has 20 heavy (non-hydrogen) atoms. The van der Waals surface area contributed by atoms with Gasteiger partial charge in [-0.15, -0.1) is 11.8 Å². The van der Waals surface area contributed by atoms with Gasteiger partial charge < -0.3 is 10.6 Å². The highest BCUT2D eigenvalue weighted by molar-refractivity contribution is 8.00. The fourth-order valence-corrected chi connectivity index (χ4v) is 3.02. The minimum atomic E-state index is -0.373. The van der Waals surface area contributed by atoms with Gasteiger partial charge >= 0.3 is 0 Å². The van der Waals surface area contributed by atoms with Crippen LogP contribution in [0.5, 0.6) is 0 Å². The number of thioether (sulfide) groups is 1. The summed E-state index contributed by atoms with van der Waals surface area (Å²) in [5.74, 6) is 0.200. The first kappa shape index (κ1) is 14.9. The quantitative estimate of drug-likeness (QED) is 0.833. The maximum Gasteiger partial charge on any atom is 0.242 e. The number of hydrogen-bond acceptors (Lipinski definition) is 3. The van der Waals surface area contributed by atoms with Crippen molar-refractivity contribution < 1.29 is 9.59 Å². The van der Waals surface area contributed by atoms with Gasteiger partial charge in [-0.1, -0.05) is 18.2 Å². The zero-order valence-electron chi connectivity index (χ0n) is 11.6. The second-order valence-electron chi connectivity index (χ2n) is 4.96. The number of benzene rings is 1. The summed E-state index contributed by atoms with van der Waals surface area (Å²) in [6.45, 7) is 2.74. The van der Waals surface area contributed by atoms with E-state index in [0.717, 1.165) is 29.7 Å². The minimum absolute atomic E-state index is 0.0586. The highest BCUT2D eigenvalue weighted by atomic mass is 32.2. The minimum Gasteiger partial charge on any atom is -0.354 e. The number of aryl methyl sites for hydroxylation is 1. The van der Waals surface area contributed by atoms with E-state index < -0.39 is 0 Å². The molecular weight excluding hydrogens is 272 g/mol. The van der Waals surface area contributed by atoms with Gasteiger partial charge in [0, 0.05) is 11.4 Å². The molecule has 0 aliphatic carbocycles. The predicted octanol–water partition coefficient (Wildman–Crippen LogP) is 1.87. The van der Waals surface area contributed by atoms with Crippen LogP contribution in [0.4, 0.5) is 0 Å². The van der Waals surface area contributed by atoms with Crippen LogP contribution >= 0.6 is 11.8 Å². The summed E-state index contributed by atoms with van der Waals surface area (Å²) in [6.07, 6.45) is 2.68. The molecule has 0 saturated carbocycles. The van der Waals surface area contributed by atoms with Crippen LogP contribution in [0, 0.1) is 6.92 Å². The third-order valence-electron chi connectivity index (χ3n) is 3.32. The van der Waals surface area contributed by atoms with Crippen molar-refractivity contribution in [3.8, 4) is 0 Å². The maximum absolute atomic E-state index is 11.9. The average molecular weight is 292 g/mol. The van der Waals surface area contributed by atoms with E-state index in [1.165, 1.54) is 11.8 Å². The fraction of sp³-hybridized carbons (Fsp3) is 0.467. The zero-order valence-corrected chi connectivity index (χ0v) is 12.5. The van der Waals surface area contributed by atoms with Gasteiger partial charge in [-0.05, 0) is 37.8 Å². The average Bonchev–Trinajstić information content (AvgIpc) is 2.63. The first-order valence-electron chi connectivity index (χ1n) is 6.92. The molecular formula is C15H20N2O2S. The Morgan fingerprint density at radius 1 is 1.40 bits per heavy atom. The second-order valence-corrected chi connectivity index (χ2v) is 5.98. The lowest BCUT2D eigenvalue weighted by molar-refractivity contribution is -0.127. The van der Waals surface area contributed by atoms with Gasteiger partial charge in [0.05, 0.1) is 5.75 Å². The summed E-state index contributed by atoms with van der Waals surface area (Å²) in [4.78, 5) is 24.8. The molecule has 108 valence electrons. The molecule has 1 aliphatic rings. The molecule has 1 saturated heterocycles. The van der Waals surface area contributed by atoms with E-state index in [4.69, 9.17) is 0 Å². The molecule has 5 heteroatoms. The predicted molar refractivity (Wildman–Crippen MR) is 80.7 cm³/mol. The summed E-state index contributed by atoms with van der Waals surface area (Å²) < 4.78 is 0. The Balaban J connectivity index is 1.83. The lowest BCUT2D eigenvalue weighted by Gasteiger charge is -2.15. The summed E-state index contributed by atoms with van der Waals surface area (Å²) in [5.41, 5.74) is 1.16. The third-order valence-corrected chi connectivity index (χ3v) is 4.50. The molecule has 1 atom stereocenters. The Morgan fingerprint density at radius 3 is 3.00 bits per heavy atom. The van der Waals surface area contributed by atoms with Crippen LogP contribution in [0.15, 0.2) is 29.2 Å². The summed E-state index contributed by atoms with van der Waals surface area (Å²) >= 11 is 1.51. The van der Waals surface area contributed by atoms with E-state index in [1.807, 2.05) is 31.2 Å². The van der Waals surface area contributed by atoms with Crippen molar-refractivity contribution in [2.45, 2.75) is 37.1 Å². The number of carbonyl (C=O) groups excluding carboxylic acids is 2. The van der Waals surface area contributed by atoms with Crippen LogP contribution in [0.2, 0.25) is 0 Å². The van der Waals surface area contributed by atoms with E-state index in [0.29, 0.717) is 12.3 Å². The van der Waals surface area contributed by atoms with Crippen LogP contribution in [0.25, 0.3) is 0 Å². The Morgan fingerprint density at radius 2 is 2.20 bits per heavy atom. The van der Waals surface area contributed by atoms with Gasteiger partial charge in [0.1, 0.15) is 6.04 Å². The van der Waals surface area contributed by atoms with Crippen molar-refractivity contribution in [1.29, 1.82) is 0 Å².